The van der Waals surface area contributed by atoms with Crippen LogP contribution in [0, 0.1) is 16.7 Å². The molecule has 7 nitrogen and oxygen atoms in total. The monoisotopic (exact) mass is 209 g/mol. The van der Waals surface area contributed by atoms with Crippen molar-refractivity contribution in [2.24, 2.45) is 5.41 Å². The maximum Gasteiger partial charge on any atom is 0.277 e. The van der Waals surface area contributed by atoms with Gasteiger partial charge in [-0.3, -0.25) is 4.79 Å². The number of nitrogen functional groups attached to an aromatic ring is 1. The number of nitrogens with two attached hydrogens (primary N) is 1. The Labute approximate surface area is 86.2 Å². The molecule has 0 aromatic carbocycles. The van der Waals surface area contributed by atoms with Gasteiger partial charge in [0, 0.05) is 6.54 Å². The fourth-order valence-electron chi connectivity index (χ4n) is 0.777. The maximum atomic E-state index is 11.4. The number of nitrogens with zero attached hydrogens (tertiary/aromatic N) is 3. The van der Waals surface area contributed by atoms with Crippen LogP contribution in [0.4, 0.5) is 5.82 Å². The van der Waals surface area contributed by atoms with Gasteiger partial charge >= 0.3 is 0 Å². The summed E-state index contributed by atoms with van der Waals surface area (Å²) in [6.45, 7) is 3.62. The number of nitriles is 1. The van der Waals surface area contributed by atoms with Gasteiger partial charge < -0.3 is 11.1 Å². The summed E-state index contributed by atoms with van der Waals surface area (Å²) in [5, 5.41) is 17.8. The largest absolute Gasteiger partial charge is 0.379 e. The zero-order chi connectivity index (χ0) is 11.5. The first-order chi connectivity index (χ1) is 6.96. The first-order valence-electron chi connectivity index (χ1n) is 4.24. The molecular weight excluding hydrogens is 198 g/mol. The number of rotatable bonds is 3. The fourth-order valence-corrected chi connectivity index (χ4v) is 0.777. The Morgan fingerprint density at radius 3 is 2.80 bits per heavy atom. The topological polar surface area (TPSA) is 118 Å². The lowest BCUT2D eigenvalue weighted by Crippen LogP contribution is -2.33. The zero-order valence-electron chi connectivity index (χ0n) is 8.44. The van der Waals surface area contributed by atoms with Crippen LogP contribution < -0.4 is 11.1 Å². The third kappa shape index (κ3) is 2.67. The molecule has 1 heterocycles. The van der Waals surface area contributed by atoms with E-state index in [1.807, 2.05) is 0 Å². The molecular formula is C8H11N5O2. The molecule has 0 fully saturated rings. The van der Waals surface area contributed by atoms with Crippen LogP contribution in [-0.4, -0.2) is 22.8 Å². The van der Waals surface area contributed by atoms with E-state index in [1.165, 1.54) is 0 Å². The maximum absolute atomic E-state index is 11.4. The number of hydrogen-bond donors (Lipinski definition) is 2. The van der Waals surface area contributed by atoms with Crippen LogP contribution in [0.15, 0.2) is 4.63 Å². The van der Waals surface area contributed by atoms with E-state index in [-0.39, 0.29) is 18.1 Å². The molecule has 0 bridgehead atoms. The van der Waals surface area contributed by atoms with Crippen LogP contribution in [-0.2, 0) is 0 Å². The lowest BCUT2D eigenvalue weighted by molar-refractivity contribution is 0.0934. The number of nitrogens with one attached hydrogen (secondary N) is 1. The molecule has 0 saturated carbocycles. The number of amides is 1. The van der Waals surface area contributed by atoms with Crippen molar-refractivity contribution >= 4 is 11.7 Å². The average Bonchev–Trinajstić information content (AvgIpc) is 2.61. The van der Waals surface area contributed by atoms with Gasteiger partial charge in [-0.05, 0) is 24.2 Å². The lowest BCUT2D eigenvalue weighted by Gasteiger charge is -2.14. The summed E-state index contributed by atoms with van der Waals surface area (Å²) in [4.78, 5) is 11.4. The van der Waals surface area contributed by atoms with E-state index in [2.05, 4.69) is 26.3 Å². The van der Waals surface area contributed by atoms with Crippen molar-refractivity contribution in [2.45, 2.75) is 13.8 Å². The van der Waals surface area contributed by atoms with E-state index in [0.717, 1.165) is 0 Å². The summed E-state index contributed by atoms with van der Waals surface area (Å²) >= 11 is 0. The second-order valence-electron chi connectivity index (χ2n) is 3.68. The summed E-state index contributed by atoms with van der Waals surface area (Å²) in [5.74, 6) is -0.570. The smallest absolute Gasteiger partial charge is 0.277 e. The molecule has 15 heavy (non-hydrogen) atoms. The molecule has 0 saturated heterocycles. The Bertz CT molecular complexity index is 403. The van der Waals surface area contributed by atoms with Crippen LogP contribution >= 0.6 is 0 Å². The van der Waals surface area contributed by atoms with Crippen molar-refractivity contribution in [2.75, 3.05) is 12.3 Å². The van der Waals surface area contributed by atoms with E-state index >= 15 is 0 Å². The van der Waals surface area contributed by atoms with Gasteiger partial charge in [-0.1, -0.05) is 0 Å². The summed E-state index contributed by atoms with van der Waals surface area (Å²) in [5.41, 5.74) is 4.62. The first-order valence-corrected chi connectivity index (χ1v) is 4.24. The van der Waals surface area contributed by atoms with Gasteiger partial charge in [0.25, 0.3) is 5.91 Å². The molecule has 0 atom stereocenters. The molecule has 0 aliphatic heterocycles. The minimum Gasteiger partial charge on any atom is -0.379 e. The molecule has 3 N–H and O–H groups in total. The molecule has 0 aliphatic carbocycles. The molecule has 0 aliphatic rings. The van der Waals surface area contributed by atoms with Crippen LogP contribution in [0.2, 0.25) is 0 Å². The average molecular weight is 209 g/mol. The number of aromatic nitrogens is 2. The number of carbonyl (C=O) groups is 1. The highest BCUT2D eigenvalue weighted by molar-refractivity contribution is 5.95. The number of carbonyl (C=O) groups excluding carboxylic acids is 1. The van der Waals surface area contributed by atoms with Gasteiger partial charge in [-0.2, -0.15) is 5.26 Å². The predicted molar refractivity (Wildman–Crippen MR) is 50.4 cm³/mol. The molecule has 1 rings (SSSR count). The highest BCUT2D eigenvalue weighted by Gasteiger charge is 2.21. The van der Waals surface area contributed by atoms with Gasteiger partial charge in [0.2, 0.25) is 11.5 Å². The van der Waals surface area contributed by atoms with Crippen LogP contribution in [0.3, 0.4) is 0 Å². The van der Waals surface area contributed by atoms with E-state index in [4.69, 9.17) is 11.0 Å². The summed E-state index contributed by atoms with van der Waals surface area (Å²) in [7, 11) is 0. The van der Waals surface area contributed by atoms with Crippen molar-refractivity contribution in [3.8, 4) is 6.07 Å². The lowest BCUT2D eigenvalue weighted by atomic mass is 9.96. The van der Waals surface area contributed by atoms with Crippen molar-refractivity contribution in [3.05, 3.63) is 5.69 Å². The minimum absolute atomic E-state index is 0.0660. The Morgan fingerprint density at radius 1 is 1.67 bits per heavy atom. The second-order valence-corrected chi connectivity index (χ2v) is 3.68. The third-order valence-electron chi connectivity index (χ3n) is 1.72. The SMILES string of the molecule is CC(C)(C#N)CNC(=O)c1nonc1N. The predicted octanol–water partition coefficient (Wildman–Crippen LogP) is -0.0686. The standard InChI is InChI=1S/C8H11N5O2/c1-8(2,3-9)4-11-7(14)5-6(10)13-15-12-5/h4H2,1-2H3,(H2,10,13)(H,11,14). The van der Waals surface area contributed by atoms with Gasteiger partial charge in [0.15, 0.2) is 0 Å². The van der Waals surface area contributed by atoms with Gasteiger partial charge in [-0.25, -0.2) is 4.63 Å². The van der Waals surface area contributed by atoms with E-state index in [9.17, 15) is 4.79 Å². The molecule has 1 aromatic heterocycles. The van der Waals surface area contributed by atoms with Crippen LogP contribution in [0.5, 0.6) is 0 Å². The summed E-state index contributed by atoms with van der Waals surface area (Å²) in [6.07, 6.45) is 0. The van der Waals surface area contributed by atoms with Crippen LogP contribution in [0.1, 0.15) is 24.3 Å². The fraction of sp³-hybridized carbons (Fsp3) is 0.500. The van der Waals surface area contributed by atoms with Gasteiger partial charge in [0.05, 0.1) is 11.5 Å². The molecule has 1 aromatic rings. The highest BCUT2D eigenvalue weighted by atomic mass is 16.6. The molecule has 80 valence electrons. The van der Waals surface area contributed by atoms with Gasteiger partial charge in [0.1, 0.15) is 0 Å². The van der Waals surface area contributed by atoms with E-state index < -0.39 is 11.3 Å². The number of hydrogen-bond acceptors (Lipinski definition) is 6. The van der Waals surface area contributed by atoms with Gasteiger partial charge in [-0.15, -0.1) is 0 Å². The Kier molecular flexibility index (Phi) is 2.90. The number of anilines is 1. The Morgan fingerprint density at radius 2 is 2.33 bits per heavy atom. The Hall–Kier alpha value is -2.10. The van der Waals surface area contributed by atoms with Crippen molar-refractivity contribution in [1.82, 2.24) is 15.6 Å². The summed E-state index contributed by atoms with van der Waals surface area (Å²) in [6, 6.07) is 2.05. The highest BCUT2D eigenvalue weighted by Crippen LogP contribution is 2.11. The molecule has 0 spiro atoms. The molecule has 0 radical (unpaired) electrons. The van der Waals surface area contributed by atoms with Crippen LogP contribution in [0.25, 0.3) is 0 Å². The molecule has 0 unspecified atom stereocenters. The summed E-state index contributed by atoms with van der Waals surface area (Å²) < 4.78 is 4.27. The van der Waals surface area contributed by atoms with Crippen molar-refractivity contribution in [1.29, 1.82) is 5.26 Å². The Balaban J connectivity index is 2.59. The molecule has 7 heteroatoms. The quantitative estimate of drug-likeness (QED) is 0.719. The van der Waals surface area contributed by atoms with E-state index in [0.29, 0.717) is 0 Å². The zero-order valence-corrected chi connectivity index (χ0v) is 8.44. The van der Waals surface area contributed by atoms with Crippen molar-refractivity contribution in [3.63, 3.8) is 0 Å². The molecule has 1 amide bonds. The minimum atomic E-state index is -0.637. The first kappa shape index (κ1) is 11.0. The normalized spacial score (nSPS) is 10.7. The second kappa shape index (κ2) is 3.96. The van der Waals surface area contributed by atoms with E-state index in [1.54, 1.807) is 13.8 Å². The van der Waals surface area contributed by atoms with Crippen molar-refractivity contribution < 1.29 is 9.42 Å². The third-order valence-corrected chi connectivity index (χ3v) is 1.72.